The lowest BCUT2D eigenvalue weighted by Crippen LogP contribution is -2.14. The van der Waals surface area contributed by atoms with Gasteiger partial charge < -0.3 is 14.8 Å². The molecule has 0 atom stereocenters. The van der Waals surface area contributed by atoms with Crippen LogP contribution in [-0.4, -0.2) is 33.0 Å². The van der Waals surface area contributed by atoms with E-state index in [2.05, 4.69) is 20.6 Å². The van der Waals surface area contributed by atoms with Crippen molar-refractivity contribution in [3.8, 4) is 23.2 Å². The summed E-state index contributed by atoms with van der Waals surface area (Å²) in [6, 6.07) is 18.1. The first-order valence-corrected chi connectivity index (χ1v) is 9.66. The van der Waals surface area contributed by atoms with Gasteiger partial charge in [-0.15, -0.1) is 10.2 Å². The second kappa shape index (κ2) is 9.08. The summed E-state index contributed by atoms with van der Waals surface area (Å²) in [5, 5.41) is 15.1. The van der Waals surface area contributed by atoms with Gasteiger partial charge in [-0.1, -0.05) is 12.1 Å². The molecule has 0 aliphatic heterocycles. The third-order valence-electron chi connectivity index (χ3n) is 4.55. The highest BCUT2D eigenvalue weighted by molar-refractivity contribution is 5.92. The first-order chi connectivity index (χ1) is 15.1. The number of carbonyl (C=O) groups excluding carboxylic acids is 1. The first kappa shape index (κ1) is 20.1. The molecule has 0 saturated heterocycles. The molecule has 0 aliphatic rings. The molecular weight excluding hydrogens is 394 g/mol. The Morgan fingerprint density at radius 1 is 1.06 bits per heavy atom. The smallest absolute Gasteiger partial charge is 0.238 e. The first-order valence-electron chi connectivity index (χ1n) is 9.66. The highest BCUT2D eigenvalue weighted by atomic mass is 16.5. The zero-order valence-corrected chi connectivity index (χ0v) is 17.1. The molecule has 2 aromatic carbocycles. The van der Waals surface area contributed by atoms with Crippen LogP contribution >= 0.6 is 0 Å². The second-order valence-corrected chi connectivity index (χ2v) is 6.84. The molecule has 0 fully saturated rings. The molecule has 8 nitrogen and oxygen atoms in total. The minimum absolute atomic E-state index is 0.0988. The Morgan fingerprint density at radius 2 is 1.90 bits per heavy atom. The van der Waals surface area contributed by atoms with Gasteiger partial charge >= 0.3 is 0 Å². The number of hydrogen-bond donors (Lipinski definition) is 1. The van der Waals surface area contributed by atoms with Crippen molar-refractivity contribution in [2.24, 2.45) is 0 Å². The van der Waals surface area contributed by atoms with Crippen molar-refractivity contribution in [2.45, 2.75) is 13.3 Å². The van der Waals surface area contributed by atoms with Crippen LogP contribution in [0, 0.1) is 6.92 Å². The van der Waals surface area contributed by atoms with Crippen LogP contribution < -0.4 is 14.8 Å². The second-order valence-electron chi connectivity index (χ2n) is 6.84. The number of nitrogens with one attached hydrogen (secondary N) is 1. The molecule has 0 aliphatic carbocycles. The van der Waals surface area contributed by atoms with Crippen molar-refractivity contribution in [2.75, 3.05) is 12.4 Å². The van der Waals surface area contributed by atoms with Crippen molar-refractivity contribution in [3.05, 3.63) is 84.2 Å². The Bertz CT molecular complexity index is 1160. The number of methoxy groups -OCH3 is 1. The van der Waals surface area contributed by atoms with Gasteiger partial charge in [0.25, 0.3) is 0 Å². The maximum Gasteiger partial charge on any atom is 0.238 e. The number of carbonyl (C=O) groups is 1. The highest BCUT2D eigenvalue weighted by Gasteiger charge is 2.08. The summed E-state index contributed by atoms with van der Waals surface area (Å²) in [7, 11) is 1.63. The van der Waals surface area contributed by atoms with E-state index in [1.165, 1.54) is 0 Å². The van der Waals surface area contributed by atoms with E-state index in [-0.39, 0.29) is 12.3 Å². The molecule has 0 bridgehead atoms. The quantitative estimate of drug-likeness (QED) is 0.491. The summed E-state index contributed by atoms with van der Waals surface area (Å²) in [5.74, 6) is 2.26. The van der Waals surface area contributed by atoms with Crippen LogP contribution in [-0.2, 0) is 11.2 Å². The molecule has 1 amide bonds. The van der Waals surface area contributed by atoms with E-state index in [9.17, 15) is 4.79 Å². The zero-order chi connectivity index (χ0) is 21.6. The molecule has 0 saturated carbocycles. The monoisotopic (exact) mass is 415 g/mol. The van der Waals surface area contributed by atoms with Gasteiger partial charge in [-0.3, -0.25) is 4.79 Å². The van der Waals surface area contributed by atoms with Crippen LogP contribution in [0.2, 0.25) is 0 Å². The average Bonchev–Trinajstić information content (AvgIpc) is 3.31. The maximum absolute atomic E-state index is 12.4. The molecule has 156 valence electrons. The lowest BCUT2D eigenvalue weighted by atomic mass is 10.1. The largest absolute Gasteiger partial charge is 0.496 e. The normalized spacial score (nSPS) is 10.5. The summed E-state index contributed by atoms with van der Waals surface area (Å²) in [5.41, 5.74) is 2.60. The number of aryl methyl sites for hydroxylation is 1. The minimum atomic E-state index is -0.0988. The van der Waals surface area contributed by atoms with E-state index >= 15 is 0 Å². The Labute approximate surface area is 179 Å². The molecule has 1 N–H and O–H groups in total. The molecular formula is C23H21N5O3. The Kier molecular flexibility index (Phi) is 5.89. The van der Waals surface area contributed by atoms with Crippen LogP contribution in [0.25, 0.3) is 5.82 Å². The van der Waals surface area contributed by atoms with E-state index in [1.54, 1.807) is 60.6 Å². The van der Waals surface area contributed by atoms with Crippen molar-refractivity contribution >= 4 is 11.6 Å². The van der Waals surface area contributed by atoms with Gasteiger partial charge in [0, 0.05) is 24.1 Å². The molecule has 2 heterocycles. The fraction of sp³-hybridized carbons (Fsp3) is 0.130. The van der Waals surface area contributed by atoms with Crippen LogP contribution in [0.1, 0.15) is 11.1 Å². The molecule has 31 heavy (non-hydrogen) atoms. The lowest BCUT2D eigenvalue weighted by molar-refractivity contribution is -0.115. The van der Waals surface area contributed by atoms with E-state index < -0.39 is 0 Å². The van der Waals surface area contributed by atoms with Gasteiger partial charge in [0.1, 0.15) is 11.5 Å². The van der Waals surface area contributed by atoms with E-state index in [1.807, 2.05) is 31.2 Å². The minimum Gasteiger partial charge on any atom is -0.496 e. The summed E-state index contributed by atoms with van der Waals surface area (Å²) < 4.78 is 12.6. The molecule has 4 aromatic rings. The van der Waals surface area contributed by atoms with Crippen molar-refractivity contribution in [1.82, 2.24) is 20.0 Å². The van der Waals surface area contributed by atoms with Gasteiger partial charge in [-0.05, 0) is 60.5 Å². The Hall–Kier alpha value is -4.20. The molecule has 0 radical (unpaired) electrons. The number of amides is 1. The molecule has 0 spiro atoms. The van der Waals surface area contributed by atoms with Gasteiger partial charge in [-0.2, -0.15) is 5.10 Å². The van der Waals surface area contributed by atoms with Crippen LogP contribution in [0.15, 0.2) is 73.1 Å². The van der Waals surface area contributed by atoms with Crippen molar-refractivity contribution < 1.29 is 14.3 Å². The molecule has 2 aromatic heterocycles. The van der Waals surface area contributed by atoms with Crippen LogP contribution in [0.3, 0.4) is 0 Å². The number of ether oxygens (including phenoxy) is 2. The predicted octanol–water partition coefficient (Wildman–Crippen LogP) is 3.95. The van der Waals surface area contributed by atoms with E-state index in [4.69, 9.17) is 9.47 Å². The Balaban J connectivity index is 1.33. The number of aromatic nitrogens is 4. The number of nitrogens with zero attached hydrogens (tertiary/aromatic N) is 4. The summed E-state index contributed by atoms with van der Waals surface area (Å²) in [6.45, 7) is 1.95. The molecule has 4 rings (SSSR count). The van der Waals surface area contributed by atoms with E-state index in [0.29, 0.717) is 23.1 Å². The predicted molar refractivity (Wildman–Crippen MR) is 116 cm³/mol. The van der Waals surface area contributed by atoms with Crippen molar-refractivity contribution in [3.63, 3.8) is 0 Å². The average molecular weight is 415 g/mol. The van der Waals surface area contributed by atoms with E-state index in [0.717, 1.165) is 16.9 Å². The zero-order valence-electron chi connectivity index (χ0n) is 17.1. The third-order valence-corrected chi connectivity index (χ3v) is 4.55. The van der Waals surface area contributed by atoms with Crippen LogP contribution in [0.4, 0.5) is 5.69 Å². The standard InChI is InChI=1S/C23H21N5O3/c1-16-14-17(4-9-20(16)30-2)15-22(29)25-18-5-7-19(8-6-18)31-23-11-10-21(26-27-23)28-13-3-12-24-28/h3-14H,15H2,1-2H3,(H,25,29). The SMILES string of the molecule is COc1ccc(CC(=O)Nc2ccc(Oc3ccc(-n4cccn4)nn3)cc2)cc1C. The fourth-order valence-corrected chi connectivity index (χ4v) is 3.06. The van der Waals surface area contributed by atoms with Crippen LogP contribution in [0.5, 0.6) is 17.4 Å². The summed E-state index contributed by atoms with van der Waals surface area (Å²) >= 11 is 0. The highest BCUT2D eigenvalue weighted by Crippen LogP contribution is 2.22. The van der Waals surface area contributed by atoms with Gasteiger partial charge in [-0.25, -0.2) is 4.68 Å². The summed E-state index contributed by atoms with van der Waals surface area (Å²) in [4.78, 5) is 12.4. The maximum atomic E-state index is 12.4. The van der Waals surface area contributed by atoms with Gasteiger partial charge in [0.15, 0.2) is 5.82 Å². The lowest BCUT2D eigenvalue weighted by Gasteiger charge is -2.09. The Morgan fingerprint density at radius 3 is 2.55 bits per heavy atom. The molecule has 0 unspecified atom stereocenters. The van der Waals surface area contributed by atoms with Crippen molar-refractivity contribution in [1.29, 1.82) is 0 Å². The third kappa shape index (κ3) is 5.05. The van der Waals surface area contributed by atoms with Gasteiger partial charge in [0.2, 0.25) is 11.8 Å². The number of anilines is 1. The number of rotatable bonds is 7. The van der Waals surface area contributed by atoms with Gasteiger partial charge in [0.05, 0.1) is 13.5 Å². The summed E-state index contributed by atoms with van der Waals surface area (Å²) in [6.07, 6.45) is 3.74. The fourth-order valence-electron chi connectivity index (χ4n) is 3.06. The number of benzene rings is 2. The number of hydrogen-bond acceptors (Lipinski definition) is 6. The molecule has 8 heteroatoms. The topological polar surface area (TPSA) is 91.2 Å².